The van der Waals surface area contributed by atoms with Crippen LogP contribution < -0.4 is 10.2 Å². The van der Waals surface area contributed by atoms with Crippen molar-refractivity contribution in [1.29, 1.82) is 0 Å². The molecule has 2 atom stereocenters. The largest absolute Gasteiger partial charge is 0.416 e. The molecular weight excluding hydrogens is 475 g/mol. The van der Waals surface area contributed by atoms with Crippen molar-refractivity contribution in [3.63, 3.8) is 0 Å². The van der Waals surface area contributed by atoms with Crippen LogP contribution in [0.4, 0.5) is 18.9 Å². The quantitative estimate of drug-likeness (QED) is 0.491. The third-order valence-corrected chi connectivity index (χ3v) is 7.58. The minimum Gasteiger partial charge on any atom is -0.365 e. The molecule has 2 heterocycles. The Labute approximate surface area is 216 Å². The number of amides is 1. The van der Waals surface area contributed by atoms with Crippen LogP contribution in [-0.4, -0.2) is 49.6 Å². The maximum absolute atomic E-state index is 13.5. The van der Waals surface area contributed by atoms with Crippen molar-refractivity contribution in [2.24, 2.45) is 5.92 Å². The van der Waals surface area contributed by atoms with Crippen LogP contribution in [0.15, 0.2) is 78.9 Å². The molecule has 37 heavy (non-hydrogen) atoms. The summed E-state index contributed by atoms with van der Waals surface area (Å²) in [6.07, 6.45) is -2.46. The molecule has 2 aliphatic rings. The SMILES string of the molecule is O=C(NCCc1ccccc1)[C@H]1Cc2cc(C(F)(F)F)ccc2N2CCN(CCc3ccccc3)C[C@H]12. The van der Waals surface area contributed by atoms with Gasteiger partial charge in [-0.2, -0.15) is 13.2 Å². The van der Waals surface area contributed by atoms with Crippen molar-refractivity contribution in [3.05, 3.63) is 101 Å². The molecule has 3 aromatic carbocycles. The fraction of sp³-hybridized carbons (Fsp3) is 0.367. The second-order valence-electron chi connectivity index (χ2n) is 9.98. The summed E-state index contributed by atoms with van der Waals surface area (Å²) in [5.74, 6) is -0.495. The summed E-state index contributed by atoms with van der Waals surface area (Å²) in [5.41, 5.74) is 3.18. The fourth-order valence-corrected chi connectivity index (χ4v) is 5.60. The first-order valence-corrected chi connectivity index (χ1v) is 12.9. The van der Waals surface area contributed by atoms with Gasteiger partial charge in [-0.25, -0.2) is 0 Å². The van der Waals surface area contributed by atoms with Gasteiger partial charge < -0.3 is 10.2 Å². The summed E-state index contributed by atoms with van der Waals surface area (Å²) in [7, 11) is 0. The minimum absolute atomic E-state index is 0.0783. The molecule has 0 aliphatic carbocycles. The van der Waals surface area contributed by atoms with Crippen molar-refractivity contribution in [2.45, 2.75) is 31.5 Å². The molecular formula is C30H32F3N3O. The predicted octanol–water partition coefficient (Wildman–Crippen LogP) is 4.97. The average Bonchev–Trinajstić information content (AvgIpc) is 2.91. The van der Waals surface area contributed by atoms with E-state index in [4.69, 9.17) is 0 Å². The van der Waals surface area contributed by atoms with Gasteiger partial charge in [0.15, 0.2) is 0 Å². The molecule has 7 heteroatoms. The number of fused-ring (bicyclic) bond motifs is 3. The van der Waals surface area contributed by atoms with Crippen LogP contribution in [0.25, 0.3) is 0 Å². The molecule has 0 spiro atoms. The smallest absolute Gasteiger partial charge is 0.365 e. The normalized spacial score (nSPS) is 19.7. The van der Waals surface area contributed by atoms with Gasteiger partial charge in [-0.1, -0.05) is 60.7 Å². The topological polar surface area (TPSA) is 35.6 Å². The molecule has 0 bridgehead atoms. The first-order chi connectivity index (χ1) is 17.9. The van der Waals surface area contributed by atoms with Gasteiger partial charge in [0.05, 0.1) is 17.5 Å². The molecule has 5 rings (SSSR count). The second-order valence-corrected chi connectivity index (χ2v) is 9.98. The number of rotatable bonds is 7. The van der Waals surface area contributed by atoms with Gasteiger partial charge in [0.25, 0.3) is 0 Å². The number of hydrogen-bond acceptors (Lipinski definition) is 3. The number of halogens is 3. The summed E-state index contributed by atoms with van der Waals surface area (Å²) in [5, 5.41) is 3.08. The number of benzene rings is 3. The highest BCUT2D eigenvalue weighted by atomic mass is 19.4. The number of nitrogens with one attached hydrogen (secondary N) is 1. The van der Waals surface area contributed by atoms with Crippen molar-refractivity contribution >= 4 is 11.6 Å². The minimum atomic E-state index is -4.41. The van der Waals surface area contributed by atoms with Crippen LogP contribution in [0.5, 0.6) is 0 Å². The van der Waals surface area contributed by atoms with E-state index in [1.807, 2.05) is 48.5 Å². The van der Waals surface area contributed by atoms with Gasteiger partial charge in [-0.15, -0.1) is 0 Å². The highest BCUT2D eigenvalue weighted by molar-refractivity contribution is 5.82. The maximum atomic E-state index is 13.5. The number of nitrogens with zero attached hydrogens (tertiary/aromatic N) is 2. The molecule has 4 nitrogen and oxygen atoms in total. The summed E-state index contributed by atoms with van der Waals surface area (Å²) >= 11 is 0. The van der Waals surface area contributed by atoms with Gasteiger partial charge in [0.1, 0.15) is 0 Å². The van der Waals surface area contributed by atoms with Crippen LogP contribution >= 0.6 is 0 Å². The number of carbonyl (C=O) groups is 1. The third-order valence-electron chi connectivity index (χ3n) is 7.58. The number of piperazine rings is 1. The number of alkyl halides is 3. The van der Waals surface area contributed by atoms with Crippen LogP contribution in [0.1, 0.15) is 22.3 Å². The lowest BCUT2D eigenvalue weighted by Gasteiger charge is -2.49. The van der Waals surface area contributed by atoms with E-state index in [0.717, 1.165) is 36.8 Å². The van der Waals surface area contributed by atoms with Gasteiger partial charge in [0.2, 0.25) is 5.91 Å². The molecule has 0 saturated carbocycles. The highest BCUT2D eigenvalue weighted by Gasteiger charge is 2.42. The molecule has 0 radical (unpaired) electrons. The molecule has 194 valence electrons. The summed E-state index contributed by atoms with van der Waals surface area (Å²) in [4.78, 5) is 18.0. The van der Waals surface area contributed by atoms with E-state index >= 15 is 0 Å². The molecule has 1 fully saturated rings. The zero-order valence-corrected chi connectivity index (χ0v) is 20.8. The monoisotopic (exact) mass is 507 g/mol. The summed E-state index contributed by atoms with van der Waals surface area (Å²) in [6.45, 7) is 3.59. The average molecular weight is 508 g/mol. The zero-order valence-electron chi connectivity index (χ0n) is 20.8. The summed E-state index contributed by atoms with van der Waals surface area (Å²) < 4.78 is 40.4. The number of carbonyl (C=O) groups excluding carboxylic acids is 1. The van der Waals surface area contributed by atoms with E-state index in [2.05, 4.69) is 27.2 Å². The van der Waals surface area contributed by atoms with Crippen molar-refractivity contribution < 1.29 is 18.0 Å². The fourth-order valence-electron chi connectivity index (χ4n) is 5.60. The molecule has 1 saturated heterocycles. The first-order valence-electron chi connectivity index (χ1n) is 12.9. The molecule has 0 aromatic heterocycles. The Morgan fingerprint density at radius 2 is 1.57 bits per heavy atom. The Morgan fingerprint density at radius 1 is 0.892 bits per heavy atom. The zero-order chi connectivity index (χ0) is 25.8. The third kappa shape index (κ3) is 5.99. The van der Waals surface area contributed by atoms with Gasteiger partial charge in [0, 0.05) is 38.4 Å². The summed E-state index contributed by atoms with van der Waals surface area (Å²) in [6, 6.07) is 24.2. The Hall–Kier alpha value is -3.32. The maximum Gasteiger partial charge on any atom is 0.416 e. The standard InChI is InChI=1S/C30H32F3N3O/c31-30(32,33)25-11-12-27-24(19-25)20-26(29(37)34-15-13-22-7-3-1-4-8-22)28-21-35(17-18-36(27)28)16-14-23-9-5-2-6-10-23/h1-12,19,26,28H,13-18,20-21H2,(H,34,37)/t26-,28+/m0/s1. The Morgan fingerprint density at radius 3 is 2.24 bits per heavy atom. The molecule has 1 N–H and O–H groups in total. The molecule has 3 aromatic rings. The molecule has 2 aliphatic heterocycles. The Kier molecular flexibility index (Phi) is 7.51. The number of hydrogen-bond donors (Lipinski definition) is 1. The van der Waals surface area contributed by atoms with Gasteiger partial charge >= 0.3 is 6.18 Å². The van der Waals surface area contributed by atoms with E-state index in [9.17, 15) is 18.0 Å². The Bertz CT molecular complexity index is 1200. The van der Waals surface area contributed by atoms with Crippen molar-refractivity contribution in [3.8, 4) is 0 Å². The van der Waals surface area contributed by atoms with Crippen LogP contribution in [0.3, 0.4) is 0 Å². The van der Waals surface area contributed by atoms with E-state index in [1.165, 1.54) is 11.6 Å². The highest BCUT2D eigenvalue weighted by Crippen LogP contribution is 2.39. The van der Waals surface area contributed by atoms with Gasteiger partial charge in [-0.05, 0) is 54.2 Å². The van der Waals surface area contributed by atoms with Crippen LogP contribution in [-0.2, 0) is 30.2 Å². The predicted molar refractivity (Wildman–Crippen MR) is 140 cm³/mol. The van der Waals surface area contributed by atoms with Crippen LogP contribution in [0.2, 0.25) is 0 Å². The van der Waals surface area contributed by atoms with Crippen molar-refractivity contribution in [2.75, 3.05) is 37.6 Å². The number of anilines is 1. The molecule has 1 amide bonds. The Balaban J connectivity index is 1.33. The lowest BCUT2D eigenvalue weighted by Crippen LogP contribution is -2.61. The van der Waals surface area contributed by atoms with E-state index in [0.29, 0.717) is 38.0 Å². The van der Waals surface area contributed by atoms with E-state index < -0.39 is 17.7 Å². The second kappa shape index (κ2) is 11.0. The van der Waals surface area contributed by atoms with Crippen molar-refractivity contribution in [1.82, 2.24) is 10.2 Å². The van der Waals surface area contributed by atoms with Gasteiger partial charge in [-0.3, -0.25) is 9.69 Å². The molecule has 0 unspecified atom stereocenters. The van der Waals surface area contributed by atoms with Crippen LogP contribution in [0, 0.1) is 5.92 Å². The lowest BCUT2D eigenvalue weighted by atomic mass is 9.82. The first kappa shape index (κ1) is 25.3. The van der Waals surface area contributed by atoms with E-state index in [1.54, 1.807) is 6.07 Å². The lowest BCUT2D eigenvalue weighted by molar-refractivity contribution is -0.137. The van der Waals surface area contributed by atoms with E-state index in [-0.39, 0.29) is 11.9 Å².